The summed E-state index contributed by atoms with van der Waals surface area (Å²) < 4.78 is 15.4. The largest absolute Gasteiger partial charge is 0.331 e. The summed E-state index contributed by atoms with van der Waals surface area (Å²) in [5.74, 6) is 0.194. The molecule has 0 spiro atoms. The Hall–Kier alpha value is -3.67. The maximum absolute atomic E-state index is 13.5. The van der Waals surface area contributed by atoms with Crippen LogP contribution in [0.4, 0.5) is 9.18 Å². The van der Waals surface area contributed by atoms with Crippen LogP contribution in [-0.2, 0) is 6.42 Å². The molecule has 2 aromatic carbocycles. The zero-order chi connectivity index (χ0) is 25.4. The Morgan fingerprint density at radius 2 is 1.97 bits per heavy atom. The van der Waals surface area contributed by atoms with Gasteiger partial charge in [0.25, 0.3) is 0 Å². The summed E-state index contributed by atoms with van der Waals surface area (Å²) in [5, 5.41) is 8.04. The van der Waals surface area contributed by atoms with Crippen LogP contribution in [0, 0.1) is 17.2 Å². The lowest BCUT2D eigenvalue weighted by Gasteiger charge is -2.38. The number of hydrogen-bond donors (Lipinski definition) is 1. The molecule has 37 heavy (non-hydrogen) atoms. The summed E-state index contributed by atoms with van der Waals surface area (Å²) >= 11 is 0. The van der Waals surface area contributed by atoms with E-state index < -0.39 is 0 Å². The molecule has 0 radical (unpaired) electrons. The first kappa shape index (κ1) is 23.7. The van der Waals surface area contributed by atoms with E-state index in [1.807, 2.05) is 21.8 Å². The maximum atomic E-state index is 13.5. The smallest absolute Gasteiger partial charge is 0.318 e. The van der Waals surface area contributed by atoms with Crippen molar-refractivity contribution in [3.63, 3.8) is 0 Å². The molecule has 190 valence electrons. The molecule has 0 bridgehead atoms. The molecule has 6 rings (SSSR count). The minimum atomic E-state index is -0.244. The number of nitrogens with zero attached hydrogens (tertiary/aromatic N) is 3. The number of allylic oxidation sites excluding steroid dienone is 1. The number of urea groups is 1. The van der Waals surface area contributed by atoms with E-state index in [1.54, 1.807) is 12.1 Å². The Morgan fingerprint density at radius 1 is 1.16 bits per heavy atom. The molecule has 1 aliphatic heterocycles. The molecule has 1 N–H and O–H groups in total. The third-order valence-corrected chi connectivity index (χ3v) is 8.59. The second-order valence-electron chi connectivity index (χ2n) is 10.8. The van der Waals surface area contributed by atoms with Crippen LogP contribution in [0.1, 0.15) is 55.5 Å². The van der Waals surface area contributed by atoms with Gasteiger partial charge in [0.2, 0.25) is 0 Å². The molecule has 3 aromatic rings. The van der Waals surface area contributed by atoms with Gasteiger partial charge < -0.3 is 10.2 Å². The van der Waals surface area contributed by atoms with Crippen LogP contribution in [0.15, 0.2) is 78.5 Å². The number of nitrogens with one attached hydrogen (secondary N) is 1. The van der Waals surface area contributed by atoms with E-state index in [-0.39, 0.29) is 23.3 Å². The van der Waals surface area contributed by atoms with Crippen molar-refractivity contribution in [2.75, 3.05) is 13.1 Å². The van der Waals surface area contributed by atoms with Gasteiger partial charge >= 0.3 is 6.03 Å². The van der Waals surface area contributed by atoms with Crippen LogP contribution in [0.3, 0.4) is 0 Å². The summed E-state index contributed by atoms with van der Waals surface area (Å²) in [6.45, 7) is 3.81. The quantitative estimate of drug-likeness (QED) is 0.412. The first-order valence-electron chi connectivity index (χ1n) is 13.3. The third kappa shape index (κ3) is 4.50. The van der Waals surface area contributed by atoms with Crippen molar-refractivity contribution < 1.29 is 9.18 Å². The number of aromatic nitrogens is 2. The number of fused-ring (bicyclic) bond motifs is 2. The molecular formula is C31H33FN4O. The summed E-state index contributed by atoms with van der Waals surface area (Å²) in [6.07, 6.45) is 13.4. The normalized spacial score (nSPS) is 23.2. The van der Waals surface area contributed by atoms with E-state index in [4.69, 9.17) is 0 Å². The minimum Gasteiger partial charge on any atom is -0.331 e. The Labute approximate surface area is 217 Å². The van der Waals surface area contributed by atoms with Crippen molar-refractivity contribution in [2.24, 2.45) is 11.3 Å². The van der Waals surface area contributed by atoms with Crippen molar-refractivity contribution in [2.45, 2.75) is 45.1 Å². The highest BCUT2D eigenvalue weighted by molar-refractivity contribution is 5.75. The average molecular weight is 497 g/mol. The predicted molar refractivity (Wildman–Crippen MR) is 144 cm³/mol. The molecule has 0 saturated heterocycles. The van der Waals surface area contributed by atoms with Gasteiger partial charge in [-0.3, -0.25) is 0 Å². The van der Waals surface area contributed by atoms with Crippen LogP contribution in [0.2, 0.25) is 0 Å². The molecule has 6 heteroatoms. The number of benzene rings is 2. The molecule has 1 fully saturated rings. The van der Waals surface area contributed by atoms with E-state index in [1.165, 1.54) is 23.3 Å². The Morgan fingerprint density at radius 3 is 2.73 bits per heavy atom. The van der Waals surface area contributed by atoms with Crippen molar-refractivity contribution in [1.82, 2.24) is 20.0 Å². The third-order valence-electron chi connectivity index (χ3n) is 8.59. The van der Waals surface area contributed by atoms with Crippen LogP contribution < -0.4 is 5.32 Å². The number of amides is 2. The Bertz CT molecular complexity index is 1340. The molecule has 2 amide bonds. The van der Waals surface area contributed by atoms with Gasteiger partial charge in [-0.25, -0.2) is 13.9 Å². The topological polar surface area (TPSA) is 50.2 Å². The standard InChI is InChI=1S/C31H33FN4O/c1-31-20-23-21-33-36(27-14-12-26(32)13-15-27)29(23)19-25(31)11-10-24(31)18-28(22-8-4-2-5-9-22)34-30(37)35-16-6-3-7-17-35/h2-6,8-9,12-15,19,21,24,28H,7,10-11,16-18,20H2,1H3,(H,34,37). The minimum absolute atomic E-state index is 0.0172. The fourth-order valence-electron chi connectivity index (χ4n) is 6.41. The number of hydrogen-bond acceptors (Lipinski definition) is 2. The fourth-order valence-corrected chi connectivity index (χ4v) is 6.41. The molecule has 2 heterocycles. The second kappa shape index (κ2) is 9.66. The van der Waals surface area contributed by atoms with Gasteiger partial charge in [0, 0.05) is 13.1 Å². The maximum Gasteiger partial charge on any atom is 0.318 e. The van der Waals surface area contributed by atoms with E-state index in [2.05, 4.69) is 59.8 Å². The van der Waals surface area contributed by atoms with E-state index in [0.29, 0.717) is 12.5 Å². The van der Waals surface area contributed by atoms with Crippen molar-refractivity contribution in [1.29, 1.82) is 0 Å². The van der Waals surface area contributed by atoms with Gasteiger partial charge in [-0.2, -0.15) is 5.10 Å². The first-order chi connectivity index (χ1) is 18.0. The van der Waals surface area contributed by atoms with Crippen LogP contribution in [0.25, 0.3) is 11.8 Å². The van der Waals surface area contributed by atoms with Crippen LogP contribution in [0.5, 0.6) is 0 Å². The number of rotatable bonds is 5. The Balaban J connectivity index is 1.25. The van der Waals surface area contributed by atoms with Gasteiger partial charge in [0.05, 0.1) is 23.6 Å². The van der Waals surface area contributed by atoms with Gasteiger partial charge in [-0.15, -0.1) is 0 Å². The van der Waals surface area contributed by atoms with Crippen LogP contribution >= 0.6 is 0 Å². The average Bonchev–Trinajstić information content (AvgIpc) is 3.47. The number of halogens is 1. The van der Waals surface area contributed by atoms with Gasteiger partial charge in [0.15, 0.2) is 0 Å². The lowest BCUT2D eigenvalue weighted by Crippen LogP contribution is -2.44. The lowest BCUT2D eigenvalue weighted by atomic mass is 9.68. The van der Waals surface area contributed by atoms with Crippen molar-refractivity contribution in [3.05, 3.63) is 101 Å². The lowest BCUT2D eigenvalue weighted by molar-refractivity contribution is 0.188. The molecule has 1 aromatic heterocycles. The summed E-state index contributed by atoms with van der Waals surface area (Å²) in [5.41, 5.74) is 5.83. The van der Waals surface area contributed by atoms with Gasteiger partial charge in [-0.05, 0) is 84.9 Å². The molecule has 3 aliphatic rings. The molecule has 3 unspecified atom stereocenters. The van der Waals surface area contributed by atoms with Crippen molar-refractivity contribution >= 4 is 12.1 Å². The van der Waals surface area contributed by atoms with E-state index in [9.17, 15) is 9.18 Å². The SMILES string of the molecule is CC12Cc3cnn(-c4ccc(F)cc4)c3C=C1CCC2CC(NC(=O)N1CC=CCC1)c1ccccc1. The highest BCUT2D eigenvalue weighted by Gasteiger charge is 2.46. The predicted octanol–water partition coefficient (Wildman–Crippen LogP) is 6.47. The molecule has 1 saturated carbocycles. The van der Waals surface area contributed by atoms with E-state index >= 15 is 0 Å². The zero-order valence-corrected chi connectivity index (χ0v) is 21.2. The molecule has 3 atom stereocenters. The van der Waals surface area contributed by atoms with Gasteiger partial charge in [0.1, 0.15) is 5.82 Å². The Kier molecular flexibility index (Phi) is 6.19. The number of carbonyl (C=O) groups excluding carboxylic acids is 1. The highest BCUT2D eigenvalue weighted by atomic mass is 19.1. The molecule has 5 nitrogen and oxygen atoms in total. The zero-order valence-electron chi connectivity index (χ0n) is 21.2. The van der Waals surface area contributed by atoms with Gasteiger partial charge in [-0.1, -0.05) is 55.0 Å². The summed E-state index contributed by atoms with van der Waals surface area (Å²) in [7, 11) is 0. The first-order valence-corrected chi connectivity index (χ1v) is 13.3. The highest BCUT2D eigenvalue weighted by Crippen LogP contribution is 2.55. The summed E-state index contributed by atoms with van der Waals surface area (Å²) in [6, 6.07) is 16.9. The van der Waals surface area contributed by atoms with Crippen molar-refractivity contribution in [3.8, 4) is 5.69 Å². The monoisotopic (exact) mass is 496 g/mol. The summed E-state index contributed by atoms with van der Waals surface area (Å²) in [4.78, 5) is 15.1. The number of carbonyl (C=O) groups is 1. The second-order valence-corrected chi connectivity index (χ2v) is 10.8. The van der Waals surface area contributed by atoms with Crippen LogP contribution in [-0.4, -0.2) is 33.8 Å². The molecule has 2 aliphatic carbocycles. The fraction of sp³-hybridized carbons (Fsp3) is 0.355. The van der Waals surface area contributed by atoms with E-state index in [0.717, 1.165) is 55.6 Å². The molecular weight excluding hydrogens is 463 g/mol.